The standard InChI is InChI=1S/C29H34N4O3S/c34-28(23-5-1-4-22(18-23)26-7-3-17-37-26)32-25(29(35)36)13-16-33-15-12-20(19-33)8-10-24-11-9-21-6-2-14-30-27(21)31-24/h1,3-5,7,9,11,17-18,20,25H,2,6,8,10,12-16,19H2,(H,30,31)(H,32,34)(H,35,36)/t20-,25?/m1/s1. The molecule has 1 aromatic carbocycles. The van der Waals surface area contributed by atoms with Crippen LogP contribution in [-0.2, 0) is 17.6 Å². The van der Waals surface area contributed by atoms with Crippen LogP contribution in [0, 0.1) is 5.92 Å². The van der Waals surface area contributed by atoms with E-state index in [-0.39, 0.29) is 5.91 Å². The van der Waals surface area contributed by atoms with Gasteiger partial charge in [-0.3, -0.25) is 4.79 Å². The van der Waals surface area contributed by atoms with Gasteiger partial charge in [0.1, 0.15) is 11.9 Å². The highest BCUT2D eigenvalue weighted by atomic mass is 32.1. The van der Waals surface area contributed by atoms with Gasteiger partial charge in [0, 0.05) is 35.8 Å². The van der Waals surface area contributed by atoms with E-state index >= 15 is 0 Å². The van der Waals surface area contributed by atoms with Crippen molar-refractivity contribution in [3.63, 3.8) is 0 Å². The fourth-order valence-electron chi connectivity index (χ4n) is 5.28. The number of carbonyl (C=O) groups is 2. The van der Waals surface area contributed by atoms with Crippen LogP contribution in [0.25, 0.3) is 10.4 Å². The summed E-state index contributed by atoms with van der Waals surface area (Å²) in [6.07, 6.45) is 5.82. The minimum atomic E-state index is -0.995. The van der Waals surface area contributed by atoms with E-state index in [1.54, 1.807) is 17.4 Å². The first-order chi connectivity index (χ1) is 18.0. The number of aryl methyl sites for hydroxylation is 2. The third-order valence-corrected chi connectivity index (χ3v) is 8.32. The average molecular weight is 519 g/mol. The summed E-state index contributed by atoms with van der Waals surface area (Å²) in [5.74, 6) is 0.295. The predicted molar refractivity (Wildman–Crippen MR) is 147 cm³/mol. The Morgan fingerprint density at radius 3 is 2.97 bits per heavy atom. The summed E-state index contributed by atoms with van der Waals surface area (Å²) < 4.78 is 0. The number of carbonyl (C=O) groups excluding carboxylic acids is 1. The Bertz CT molecular complexity index is 1230. The van der Waals surface area contributed by atoms with Gasteiger partial charge in [-0.2, -0.15) is 0 Å². The van der Waals surface area contributed by atoms with E-state index in [2.05, 4.69) is 27.7 Å². The molecular formula is C29H34N4O3S. The molecule has 0 radical (unpaired) electrons. The predicted octanol–water partition coefficient (Wildman–Crippen LogP) is 4.70. The Morgan fingerprint density at radius 1 is 1.22 bits per heavy atom. The molecule has 1 saturated heterocycles. The van der Waals surface area contributed by atoms with Gasteiger partial charge in [-0.05, 0) is 91.8 Å². The molecule has 0 bridgehead atoms. The SMILES string of the molecule is O=C(NC(CCN1CC[C@@H](CCc2ccc3c(n2)NCCC3)C1)C(=O)O)c1cccc(-c2cccs2)c1. The van der Waals surface area contributed by atoms with Crippen molar-refractivity contribution in [3.8, 4) is 10.4 Å². The van der Waals surface area contributed by atoms with Crippen LogP contribution in [0.3, 0.4) is 0 Å². The van der Waals surface area contributed by atoms with Gasteiger partial charge in [0.05, 0.1) is 0 Å². The van der Waals surface area contributed by atoms with E-state index in [1.165, 1.54) is 12.0 Å². The Morgan fingerprint density at radius 2 is 2.14 bits per heavy atom. The first-order valence-electron chi connectivity index (χ1n) is 13.2. The second kappa shape index (κ2) is 11.9. The number of benzene rings is 1. The number of pyridine rings is 1. The molecule has 1 fully saturated rings. The summed E-state index contributed by atoms with van der Waals surface area (Å²) >= 11 is 1.61. The maximum atomic E-state index is 12.8. The van der Waals surface area contributed by atoms with E-state index in [4.69, 9.17) is 4.98 Å². The second-order valence-electron chi connectivity index (χ2n) is 10.0. The van der Waals surface area contributed by atoms with Gasteiger partial charge in [-0.1, -0.05) is 24.3 Å². The fourth-order valence-corrected chi connectivity index (χ4v) is 6.00. The average Bonchev–Trinajstić information content (AvgIpc) is 3.62. The number of aliphatic carboxylic acids is 1. The molecule has 194 valence electrons. The van der Waals surface area contributed by atoms with Crippen LogP contribution in [0.4, 0.5) is 5.82 Å². The van der Waals surface area contributed by atoms with Gasteiger partial charge < -0.3 is 20.6 Å². The van der Waals surface area contributed by atoms with Crippen molar-refractivity contribution >= 4 is 29.0 Å². The van der Waals surface area contributed by atoms with Crippen molar-refractivity contribution in [2.45, 2.75) is 44.6 Å². The van der Waals surface area contributed by atoms with Gasteiger partial charge in [-0.15, -0.1) is 11.3 Å². The van der Waals surface area contributed by atoms with Crippen LogP contribution in [0.2, 0.25) is 0 Å². The minimum absolute atomic E-state index is 0.350. The highest BCUT2D eigenvalue weighted by molar-refractivity contribution is 7.13. The minimum Gasteiger partial charge on any atom is -0.480 e. The number of carboxylic acid groups (broad SMARTS) is 1. The number of thiophene rings is 1. The molecule has 7 nitrogen and oxygen atoms in total. The van der Waals surface area contributed by atoms with Crippen LogP contribution >= 0.6 is 11.3 Å². The van der Waals surface area contributed by atoms with Crippen LogP contribution < -0.4 is 10.6 Å². The maximum absolute atomic E-state index is 12.8. The Hall–Kier alpha value is -3.23. The quantitative estimate of drug-likeness (QED) is 0.360. The first-order valence-corrected chi connectivity index (χ1v) is 14.1. The lowest BCUT2D eigenvalue weighted by Crippen LogP contribution is -2.43. The number of likely N-dealkylation sites (tertiary alicyclic amines) is 1. The normalized spacial score (nSPS) is 18.1. The zero-order chi connectivity index (χ0) is 25.6. The summed E-state index contributed by atoms with van der Waals surface area (Å²) in [5.41, 5.74) is 3.89. The molecule has 0 spiro atoms. The number of hydrogen-bond acceptors (Lipinski definition) is 6. The molecule has 3 aromatic rings. The lowest BCUT2D eigenvalue weighted by Gasteiger charge is -2.20. The van der Waals surface area contributed by atoms with Crippen molar-refractivity contribution in [3.05, 3.63) is 70.7 Å². The molecule has 1 amide bonds. The van der Waals surface area contributed by atoms with E-state index in [0.717, 1.165) is 67.3 Å². The van der Waals surface area contributed by atoms with E-state index in [1.807, 2.05) is 35.7 Å². The van der Waals surface area contributed by atoms with Crippen molar-refractivity contribution in [1.82, 2.24) is 15.2 Å². The van der Waals surface area contributed by atoms with Crippen LogP contribution in [0.1, 0.15) is 47.3 Å². The molecule has 5 rings (SSSR count). The number of nitrogens with zero attached hydrogens (tertiary/aromatic N) is 2. The van der Waals surface area contributed by atoms with Gasteiger partial charge in [0.2, 0.25) is 0 Å². The monoisotopic (exact) mass is 518 g/mol. The Kier molecular flexibility index (Phi) is 8.16. The number of fused-ring (bicyclic) bond motifs is 1. The van der Waals surface area contributed by atoms with Crippen molar-refractivity contribution in [2.24, 2.45) is 5.92 Å². The maximum Gasteiger partial charge on any atom is 0.326 e. The molecule has 0 saturated carbocycles. The third-order valence-electron chi connectivity index (χ3n) is 7.40. The molecule has 2 atom stereocenters. The van der Waals surface area contributed by atoms with E-state index in [0.29, 0.717) is 24.4 Å². The lowest BCUT2D eigenvalue weighted by molar-refractivity contribution is -0.139. The molecule has 3 N–H and O–H groups in total. The second-order valence-corrected chi connectivity index (χ2v) is 11.0. The molecular weight excluding hydrogens is 484 g/mol. The number of rotatable bonds is 10. The summed E-state index contributed by atoms with van der Waals surface area (Å²) in [6, 6.07) is 14.8. The topological polar surface area (TPSA) is 94.6 Å². The van der Waals surface area contributed by atoms with Crippen LogP contribution in [-0.4, -0.2) is 59.1 Å². The summed E-state index contributed by atoms with van der Waals surface area (Å²) in [5, 5.41) is 17.9. The van der Waals surface area contributed by atoms with Crippen molar-refractivity contribution < 1.29 is 14.7 Å². The number of anilines is 1. The number of amides is 1. The van der Waals surface area contributed by atoms with Crippen LogP contribution in [0.15, 0.2) is 53.9 Å². The number of hydrogen-bond donors (Lipinski definition) is 3. The van der Waals surface area contributed by atoms with Crippen LogP contribution in [0.5, 0.6) is 0 Å². The van der Waals surface area contributed by atoms with Gasteiger partial charge in [0.15, 0.2) is 0 Å². The smallest absolute Gasteiger partial charge is 0.326 e. The fraction of sp³-hybridized carbons (Fsp3) is 0.414. The Labute approximate surface area is 221 Å². The van der Waals surface area contributed by atoms with E-state index < -0.39 is 12.0 Å². The lowest BCUT2D eigenvalue weighted by atomic mass is 10.00. The number of aromatic nitrogens is 1. The molecule has 2 aliphatic rings. The van der Waals surface area contributed by atoms with Gasteiger partial charge in [-0.25, -0.2) is 9.78 Å². The zero-order valence-electron chi connectivity index (χ0n) is 21.0. The summed E-state index contributed by atoms with van der Waals surface area (Å²) in [6.45, 7) is 3.59. The van der Waals surface area contributed by atoms with E-state index in [9.17, 15) is 14.7 Å². The summed E-state index contributed by atoms with van der Waals surface area (Å²) in [4.78, 5) is 33.0. The molecule has 8 heteroatoms. The largest absolute Gasteiger partial charge is 0.480 e. The zero-order valence-corrected chi connectivity index (χ0v) is 21.8. The molecule has 37 heavy (non-hydrogen) atoms. The molecule has 2 aromatic heterocycles. The van der Waals surface area contributed by atoms with Crippen molar-refractivity contribution in [2.75, 3.05) is 31.5 Å². The third kappa shape index (κ3) is 6.56. The van der Waals surface area contributed by atoms with Crippen molar-refractivity contribution in [1.29, 1.82) is 0 Å². The molecule has 0 aliphatic carbocycles. The van der Waals surface area contributed by atoms with Gasteiger partial charge in [0.25, 0.3) is 5.91 Å². The Balaban J connectivity index is 1.09. The molecule has 4 heterocycles. The first kappa shape index (κ1) is 25.4. The highest BCUT2D eigenvalue weighted by Gasteiger charge is 2.26. The molecule has 2 aliphatic heterocycles. The number of nitrogens with one attached hydrogen (secondary N) is 2. The highest BCUT2D eigenvalue weighted by Crippen LogP contribution is 2.26. The summed E-state index contributed by atoms with van der Waals surface area (Å²) in [7, 11) is 0. The van der Waals surface area contributed by atoms with Gasteiger partial charge >= 0.3 is 5.97 Å². The number of carboxylic acids is 1. The molecule has 1 unspecified atom stereocenters.